The Bertz CT molecular complexity index is 388. The minimum atomic E-state index is -0.0574. The molecule has 0 aliphatic rings. The van der Waals surface area contributed by atoms with Crippen LogP contribution >= 0.6 is 0 Å². The van der Waals surface area contributed by atoms with Crippen molar-refractivity contribution in [1.29, 1.82) is 0 Å². The van der Waals surface area contributed by atoms with Crippen LogP contribution in [0.25, 0.3) is 0 Å². The molecule has 22 heavy (non-hydrogen) atoms. The Kier molecular flexibility index (Phi) is 11.3. The molecule has 0 saturated carbocycles. The summed E-state index contributed by atoms with van der Waals surface area (Å²) in [6, 6.07) is 6.78. The fourth-order valence-electron chi connectivity index (χ4n) is 1.91. The Labute approximate surface area is 135 Å². The Morgan fingerprint density at radius 1 is 1.23 bits per heavy atom. The van der Waals surface area contributed by atoms with Crippen LogP contribution in [0.15, 0.2) is 24.4 Å². The van der Waals surface area contributed by atoms with Crippen LogP contribution in [-0.4, -0.2) is 41.2 Å². The number of hydrogen-bond donors (Lipinski definition) is 1. The van der Waals surface area contributed by atoms with Gasteiger partial charge in [-0.05, 0) is 26.0 Å². The third-order valence-electron chi connectivity index (χ3n) is 2.58. The standard InChI is InChI=1S/C11H16N2O2.C6H15N/c1-3-13(15-4-2)11(14)9-10-7-5-6-8-12-10;1-5(2)7-6(3)4/h5-8H,3-4,9H2,1-2H3;5-7H,1-4H3. The van der Waals surface area contributed by atoms with Crippen LogP contribution in [0.3, 0.4) is 0 Å². The van der Waals surface area contributed by atoms with E-state index in [-0.39, 0.29) is 12.3 Å². The van der Waals surface area contributed by atoms with Gasteiger partial charge in [0.05, 0.1) is 13.0 Å². The second kappa shape index (κ2) is 12.1. The molecule has 1 rings (SSSR count). The van der Waals surface area contributed by atoms with Crippen molar-refractivity contribution in [3.63, 3.8) is 0 Å². The molecule has 5 nitrogen and oxygen atoms in total. The molecule has 0 spiro atoms. The summed E-state index contributed by atoms with van der Waals surface area (Å²) in [6.45, 7) is 13.4. The summed E-state index contributed by atoms with van der Waals surface area (Å²) in [5.74, 6) is -0.0574. The van der Waals surface area contributed by atoms with Crippen molar-refractivity contribution >= 4 is 5.91 Å². The van der Waals surface area contributed by atoms with Crippen molar-refractivity contribution in [3.05, 3.63) is 30.1 Å². The van der Waals surface area contributed by atoms with Crippen LogP contribution in [0.2, 0.25) is 0 Å². The van der Waals surface area contributed by atoms with Gasteiger partial charge in [-0.15, -0.1) is 0 Å². The molecule has 0 radical (unpaired) electrons. The van der Waals surface area contributed by atoms with Gasteiger partial charge in [-0.1, -0.05) is 33.8 Å². The van der Waals surface area contributed by atoms with Crippen molar-refractivity contribution < 1.29 is 9.63 Å². The number of carbonyl (C=O) groups excluding carboxylic acids is 1. The maximum absolute atomic E-state index is 11.7. The van der Waals surface area contributed by atoms with E-state index < -0.39 is 0 Å². The quantitative estimate of drug-likeness (QED) is 0.787. The predicted octanol–water partition coefficient (Wildman–Crippen LogP) is 2.82. The van der Waals surface area contributed by atoms with Gasteiger partial charge in [0, 0.05) is 30.5 Å². The van der Waals surface area contributed by atoms with E-state index >= 15 is 0 Å². The van der Waals surface area contributed by atoms with Crippen LogP contribution in [0.5, 0.6) is 0 Å². The highest BCUT2D eigenvalue weighted by molar-refractivity contribution is 5.77. The molecule has 126 valence electrons. The lowest BCUT2D eigenvalue weighted by molar-refractivity contribution is -0.182. The molecule has 1 aromatic rings. The van der Waals surface area contributed by atoms with Gasteiger partial charge in [-0.2, -0.15) is 0 Å². The normalized spacial score (nSPS) is 10.4. The molecule has 0 aliphatic carbocycles. The zero-order valence-corrected chi connectivity index (χ0v) is 14.8. The number of nitrogens with one attached hydrogen (secondary N) is 1. The van der Waals surface area contributed by atoms with Gasteiger partial charge in [0.25, 0.3) is 5.91 Å². The number of pyridine rings is 1. The lowest BCUT2D eigenvalue weighted by Gasteiger charge is -2.18. The summed E-state index contributed by atoms with van der Waals surface area (Å²) in [6.07, 6.45) is 1.97. The maximum Gasteiger partial charge on any atom is 0.252 e. The Morgan fingerprint density at radius 3 is 2.23 bits per heavy atom. The number of hydrogen-bond acceptors (Lipinski definition) is 4. The lowest BCUT2D eigenvalue weighted by atomic mass is 10.2. The third kappa shape index (κ3) is 10.3. The molecule has 1 heterocycles. The smallest absolute Gasteiger partial charge is 0.252 e. The number of hydroxylamine groups is 2. The maximum atomic E-state index is 11.7. The predicted molar refractivity (Wildman–Crippen MR) is 90.4 cm³/mol. The highest BCUT2D eigenvalue weighted by Crippen LogP contribution is 2.00. The molecule has 0 saturated heterocycles. The lowest BCUT2D eigenvalue weighted by Crippen LogP contribution is -2.32. The van der Waals surface area contributed by atoms with E-state index in [0.717, 1.165) is 5.69 Å². The van der Waals surface area contributed by atoms with Crippen LogP contribution < -0.4 is 5.32 Å². The monoisotopic (exact) mass is 309 g/mol. The molecule has 1 amide bonds. The molecule has 1 aromatic heterocycles. The molecule has 1 N–H and O–H groups in total. The summed E-state index contributed by atoms with van der Waals surface area (Å²) in [5.41, 5.74) is 0.764. The van der Waals surface area contributed by atoms with Crippen LogP contribution in [-0.2, 0) is 16.1 Å². The Balaban J connectivity index is 0.000000534. The van der Waals surface area contributed by atoms with Gasteiger partial charge in [-0.3, -0.25) is 14.6 Å². The molecule has 0 bridgehead atoms. The SMILES string of the molecule is CC(C)NC(C)C.CCON(CC)C(=O)Cc1ccccn1. The number of amides is 1. The van der Waals surface area contributed by atoms with Crippen LogP contribution in [0.4, 0.5) is 0 Å². The molecular weight excluding hydrogens is 278 g/mol. The van der Waals surface area contributed by atoms with E-state index in [9.17, 15) is 4.79 Å². The molecule has 0 unspecified atom stereocenters. The van der Waals surface area contributed by atoms with Crippen molar-refractivity contribution in [2.24, 2.45) is 0 Å². The number of nitrogens with zero attached hydrogens (tertiary/aromatic N) is 2. The van der Waals surface area contributed by atoms with Gasteiger partial charge in [0.1, 0.15) is 0 Å². The van der Waals surface area contributed by atoms with Gasteiger partial charge in [0.2, 0.25) is 0 Å². The topological polar surface area (TPSA) is 54.5 Å². The van der Waals surface area contributed by atoms with E-state index in [4.69, 9.17) is 4.84 Å². The Hall–Kier alpha value is -1.46. The zero-order chi connectivity index (χ0) is 17.0. The van der Waals surface area contributed by atoms with Gasteiger partial charge in [0.15, 0.2) is 0 Å². The summed E-state index contributed by atoms with van der Waals surface area (Å²) in [5, 5.41) is 4.68. The van der Waals surface area contributed by atoms with E-state index in [2.05, 4.69) is 38.0 Å². The first-order valence-corrected chi connectivity index (χ1v) is 7.99. The van der Waals surface area contributed by atoms with E-state index in [1.54, 1.807) is 6.20 Å². The van der Waals surface area contributed by atoms with E-state index in [1.165, 1.54) is 5.06 Å². The zero-order valence-electron chi connectivity index (χ0n) is 14.8. The summed E-state index contributed by atoms with van der Waals surface area (Å²) in [4.78, 5) is 21.0. The van der Waals surface area contributed by atoms with Crippen molar-refractivity contribution in [2.75, 3.05) is 13.2 Å². The average Bonchev–Trinajstić information content (AvgIpc) is 2.44. The number of aromatic nitrogens is 1. The fraction of sp³-hybridized carbons (Fsp3) is 0.647. The minimum Gasteiger partial charge on any atom is -0.312 e. The van der Waals surface area contributed by atoms with Gasteiger partial charge < -0.3 is 5.32 Å². The van der Waals surface area contributed by atoms with Crippen molar-refractivity contribution in [3.8, 4) is 0 Å². The van der Waals surface area contributed by atoms with Crippen LogP contribution in [0, 0.1) is 0 Å². The first-order chi connectivity index (χ1) is 10.4. The second-order valence-electron chi connectivity index (χ2n) is 5.48. The molecule has 0 aromatic carbocycles. The molecule has 0 fully saturated rings. The summed E-state index contributed by atoms with van der Waals surface area (Å²) in [7, 11) is 0. The molecule has 5 heteroatoms. The largest absolute Gasteiger partial charge is 0.312 e. The van der Waals surface area contributed by atoms with Crippen molar-refractivity contribution in [1.82, 2.24) is 15.4 Å². The summed E-state index contributed by atoms with van der Waals surface area (Å²) < 4.78 is 0. The average molecular weight is 309 g/mol. The molecule has 0 aliphatic heterocycles. The van der Waals surface area contributed by atoms with Gasteiger partial charge in [-0.25, -0.2) is 5.06 Å². The number of carbonyl (C=O) groups is 1. The van der Waals surface area contributed by atoms with Crippen molar-refractivity contribution in [2.45, 2.75) is 60.0 Å². The molecular formula is C17H31N3O2. The van der Waals surface area contributed by atoms with E-state index in [0.29, 0.717) is 25.2 Å². The highest BCUT2D eigenvalue weighted by Gasteiger charge is 2.12. The molecule has 0 atom stereocenters. The second-order valence-corrected chi connectivity index (χ2v) is 5.48. The fourth-order valence-corrected chi connectivity index (χ4v) is 1.91. The first-order valence-electron chi connectivity index (χ1n) is 7.99. The third-order valence-corrected chi connectivity index (χ3v) is 2.58. The van der Waals surface area contributed by atoms with Gasteiger partial charge >= 0.3 is 0 Å². The first kappa shape index (κ1) is 20.5. The highest BCUT2D eigenvalue weighted by atomic mass is 16.7. The number of rotatable bonds is 7. The summed E-state index contributed by atoms with van der Waals surface area (Å²) >= 11 is 0. The Morgan fingerprint density at radius 2 is 1.86 bits per heavy atom. The number of likely N-dealkylation sites (N-methyl/N-ethyl adjacent to an activating group) is 1. The van der Waals surface area contributed by atoms with E-state index in [1.807, 2.05) is 32.0 Å². The minimum absolute atomic E-state index is 0.0574. The van der Waals surface area contributed by atoms with Crippen LogP contribution in [0.1, 0.15) is 47.2 Å².